The van der Waals surface area contributed by atoms with Crippen LogP contribution in [0.4, 0.5) is 0 Å². The van der Waals surface area contributed by atoms with Crippen LogP contribution in [-0.4, -0.2) is 456 Å². The number of rotatable bonds is 31. The molecule has 0 spiro atoms. The molecule has 42 nitrogen and oxygen atoms in total. The van der Waals surface area contributed by atoms with Gasteiger partial charge >= 0.3 is 0 Å². The van der Waals surface area contributed by atoms with E-state index >= 15 is 0 Å². The number of ketones is 2. The van der Waals surface area contributed by atoms with Crippen LogP contribution in [0.25, 0.3) is 0 Å². The standard InChI is InChI=1S/C63H107N3O39S4/c1-23(72)3-7-90-9-10-91-8-4-25(73)13-24(55(88)65-5-11-106)19-108-21-32-53-39(79)46(86)62(97-32)102-51-30(17-70)93-59(42(82)35(51)75)101-50-29(16-69)96-61(45(85)38(50)78)105-54-33(22-109-20-26(64-2)56(89)66-6-12-107)98-63(47(87)40(54)80)103-52-31(18-71)94-58(43(83)36(52)76)99-48-27(14-67)92-57(41(81)34(48)74)100-49-28(15-68)95-60(104-53)44(84)37(49)77/h24,26-54,57-64,67-71,74-87,106-107H,3-22H2,1-2H3,(H,65,88)(H,66,89)/t24-,26-,27?,28?,29?,30?,31?,32?,33?,34-,35-,36-,37-,38-,39-,40-,41?,42?,43?,44?,45?,46?,47?,48-,49-,50-,51-,52-,53-,54-,57-,58-,59+,60+,61+,62-,63?/m1/s1. The third-order valence-electron chi connectivity index (χ3n) is 19.4. The summed E-state index contributed by atoms with van der Waals surface area (Å²) in [6, 6.07) is -0.860. The van der Waals surface area contributed by atoms with Crippen molar-refractivity contribution in [3.05, 3.63) is 0 Å². The Bertz CT molecular complexity index is 2740. The van der Waals surface area contributed by atoms with Gasteiger partial charge in [-0.25, -0.2) is 0 Å². The van der Waals surface area contributed by atoms with E-state index in [-0.39, 0.29) is 93.3 Å². The van der Waals surface area contributed by atoms with Crippen molar-refractivity contribution in [2.75, 3.05) is 114 Å². The Labute approximate surface area is 644 Å². The van der Waals surface area contributed by atoms with Gasteiger partial charge in [-0.2, -0.15) is 48.8 Å². The van der Waals surface area contributed by atoms with Crippen molar-refractivity contribution >= 4 is 72.2 Å². The molecular formula is C63H107N3O39S4. The molecule has 109 heavy (non-hydrogen) atoms. The van der Waals surface area contributed by atoms with Crippen molar-refractivity contribution in [3.63, 3.8) is 0 Å². The fourth-order valence-electron chi connectivity index (χ4n) is 13.3. The molecule has 0 radical (unpaired) electrons. The van der Waals surface area contributed by atoms with Crippen LogP contribution in [0.5, 0.6) is 0 Å². The quantitative estimate of drug-likeness (QED) is 0.0226. The fourth-order valence-corrected chi connectivity index (χ4v) is 15.9. The second-order valence-corrected chi connectivity index (χ2v) is 30.1. The molecule has 21 heterocycles. The van der Waals surface area contributed by atoms with Gasteiger partial charge in [0.25, 0.3) is 0 Å². The molecule has 632 valence electrons. The first-order valence-corrected chi connectivity index (χ1v) is 39.2. The number of hydrogen-bond acceptors (Lipinski definition) is 44. The van der Waals surface area contributed by atoms with Crippen molar-refractivity contribution < 1.29 is 192 Å². The van der Waals surface area contributed by atoms with Crippen LogP contribution < -0.4 is 16.0 Å². The summed E-state index contributed by atoms with van der Waals surface area (Å²) in [6.45, 7) is -3.37. The topological polar surface area (TPSA) is 636 Å². The van der Waals surface area contributed by atoms with Gasteiger partial charge in [-0.15, -0.1) is 0 Å². The number of nitrogens with one attached hydrogen (secondary N) is 3. The number of carbonyl (C=O) groups excluding carboxylic acids is 4. The summed E-state index contributed by atoms with van der Waals surface area (Å²) in [5.74, 6) is -2.89. The van der Waals surface area contributed by atoms with Crippen molar-refractivity contribution in [1.82, 2.24) is 16.0 Å². The molecule has 2 amide bonds. The van der Waals surface area contributed by atoms with Gasteiger partial charge < -0.3 is 189 Å². The van der Waals surface area contributed by atoms with E-state index in [4.69, 9.17) is 75.8 Å². The van der Waals surface area contributed by atoms with Crippen molar-refractivity contribution in [3.8, 4) is 0 Å². The van der Waals surface area contributed by atoms with Gasteiger partial charge in [0.2, 0.25) is 11.8 Å². The lowest BCUT2D eigenvalue weighted by molar-refractivity contribution is -0.395. The zero-order chi connectivity index (χ0) is 79.7. The Morgan fingerprint density at radius 1 is 0.367 bits per heavy atom. The number of hydrogen-bond donors (Lipinski definition) is 24. The molecular weight excluding hydrogens is 1550 g/mol. The van der Waals surface area contributed by atoms with E-state index in [1.54, 1.807) is 0 Å². The number of ether oxygens (including phenoxy) is 16. The minimum absolute atomic E-state index is 0.0103. The molecule has 22 N–H and O–H groups in total. The lowest BCUT2D eigenvalue weighted by Gasteiger charge is -2.50. The summed E-state index contributed by atoms with van der Waals surface area (Å²) >= 11 is 10.2. The van der Waals surface area contributed by atoms with Gasteiger partial charge in [-0.05, 0) is 14.0 Å². The van der Waals surface area contributed by atoms with E-state index in [1.165, 1.54) is 14.0 Å². The molecule has 37 atom stereocenters. The zero-order valence-electron chi connectivity index (χ0n) is 59.4. The Balaban J connectivity index is 1.09. The van der Waals surface area contributed by atoms with Crippen LogP contribution in [0.3, 0.4) is 0 Å². The molecule has 21 saturated heterocycles. The van der Waals surface area contributed by atoms with Crippen LogP contribution in [0.1, 0.15) is 26.2 Å². The molecule has 21 fully saturated rings. The van der Waals surface area contributed by atoms with Crippen LogP contribution in [0, 0.1) is 5.92 Å². The Kier molecular flexibility index (Phi) is 38.0. The monoisotopic (exact) mass is 1660 g/mol. The number of thiol groups is 2. The minimum atomic E-state index is -2.29. The highest BCUT2D eigenvalue weighted by atomic mass is 32.2. The average Bonchev–Trinajstić information content (AvgIpc) is 0.804. The SMILES string of the molecule is CN[C@H](CSCC1OC2O[C@@H]3C(CO)O[C@H](O[C@@H]4C(CO)O[C@H](O[C@@H]5C(CO)O[C@@H](O[C@@H]6C(CSC[C@@H](CC(=O)CCOCCOCCC(C)=O)C(=O)NCCS)O[C@H](O[C@@H]7C(CO)O[C@@H](O[C@@H]8C(CO)O[C@@H](O[C@H]1[C@H](O)C2O)C(O)[C@H]8O)C(O)[C@H]7O)C(O)[C@H]6O)C(O)[C@H]5O)C(O)[C@H]4O)C(O)[C@H]3O)C(=O)NCCS. The van der Waals surface area contributed by atoms with Gasteiger partial charge in [0.05, 0.1) is 83.6 Å². The van der Waals surface area contributed by atoms with Crippen LogP contribution in [-0.2, 0) is 95.0 Å². The summed E-state index contributed by atoms with van der Waals surface area (Å²) < 4.78 is 94.6. The average molecular weight is 1660 g/mol. The van der Waals surface area contributed by atoms with Crippen molar-refractivity contribution in [1.29, 1.82) is 0 Å². The number of Topliss-reactive ketones (excluding diaryl/α,β-unsaturated/α-hetero) is 2. The molecule has 0 aromatic carbocycles. The molecule has 21 rings (SSSR count). The normalized spacial score (nSPS) is 43.0. The molecule has 0 aliphatic carbocycles. The Morgan fingerprint density at radius 2 is 0.633 bits per heavy atom. The second-order valence-electron chi connectivity index (χ2n) is 27.1. The van der Waals surface area contributed by atoms with Gasteiger partial charge in [0.1, 0.15) is 170 Å². The Hall–Kier alpha value is -1.76. The van der Waals surface area contributed by atoms with E-state index < -0.39 is 278 Å². The third-order valence-corrected chi connectivity index (χ3v) is 22.2. The molecule has 0 saturated carbocycles. The van der Waals surface area contributed by atoms with Gasteiger partial charge in [-0.1, -0.05) is 0 Å². The zero-order valence-corrected chi connectivity index (χ0v) is 62.8. The van der Waals surface area contributed by atoms with E-state index in [1.807, 2.05) is 0 Å². The van der Waals surface area contributed by atoms with Crippen molar-refractivity contribution in [2.24, 2.45) is 5.92 Å². The molecule has 46 heteroatoms. The highest BCUT2D eigenvalue weighted by Crippen LogP contribution is 2.40. The molecule has 0 aromatic heterocycles. The number of thioether (sulfide) groups is 2. The number of aliphatic hydroxyl groups excluding tert-OH is 19. The summed E-state index contributed by atoms with van der Waals surface area (Å²) in [6.07, 6.45) is -72.0. The fraction of sp³-hybridized carbons (Fsp3) is 0.937. The molecule has 15 unspecified atom stereocenters. The highest BCUT2D eigenvalue weighted by molar-refractivity contribution is 7.99. The molecule has 21 aliphatic rings. The van der Waals surface area contributed by atoms with Crippen LogP contribution in [0.15, 0.2) is 0 Å². The maximum absolute atomic E-state index is 13.7. The molecule has 14 bridgehead atoms. The minimum Gasteiger partial charge on any atom is -0.394 e. The second kappa shape index (κ2) is 44.7. The van der Waals surface area contributed by atoms with Gasteiger partial charge in [0, 0.05) is 66.9 Å². The van der Waals surface area contributed by atoms with Crippen LogP contribution in [0.2, 0.25) is 0 Å². The molecule has 0 aromatic rings. The first-order chi connectivity index (χ1) is 52.1. The summed E-state index contributed by atoms with van der Waals surface area (Å²) in [5, 5.41) is 227. The van der Waals surface area contributed by atoms with Gasteiger partial charge in [0.15, 0.2) is 44.0 Å². The van der Waals surface area contributed by atoms with E-state index in [0.717, 1.165) is 23.5 Å². The summed E-state index contributed by atoms with van der Waals surface area (Å²) in [4.78, 5) is 51.3. The number of aliphatic hydroxyl groups is 19. The first kappa shape index (κ1) is 92.7. The predicted molar refractivity (Wildman–Crippen MR) is 370 cm³/mol. The maximum Gasteiger partial charge on any atom is 0.238 e. The maximum atomic E-state index is 13.7. The van der Waals surface area contributed by atoms with E-state index in [0.29, 0.717) is 5.75 Å². The lowest BCUT2D eigenvalue weighted by Crippen LogP contribution is -2.68. The molecule has 21 aliphatic heterocycles. The summed E-state index contributed by atoms with van der Waals surface area (Å²) in [5.41, 5.74) is 0. The lowest BCUT2D eigenvalue weighted by atomic mass is 9.95. The largest absolute Gasteiger partial charge is 0.394 e. The smallest absolute Gasteiger partial charge is 0.238 e. The summed E-state index contributed by atoms with van der Waals surface area (Å²) in [7, 11) is 1.50. The number of carbonyl (C=O) groups is 4. The highest BCUT2D eigenvalue weighted by Gasteiger charge is 2.60. The first-order valence-electron chi connectivity index (χ1n) is 35.6. The third kappa shape index (κ3) is 23.6. The van der Waals surface area contributed by atoms with E-state index in [9.17, 15) is 116 Å². The number of amides is 2. The van der Waals surface area contributed by atoms with Crippen molar-refractivity contribution in [2.45, 2.75) is 247 Å². The Morgan fingerprint density at radius 3 is 0.908 bits per heavy atom. The number of likely N-dealkylation sites (N-methyl/N-ethyl adjacent to an activating group) is 1. The van der Waals surface area contributed by atoms with E-state index in [2.05, 4.69) is 41.2 Å². The van der Waals surface area contributed by atoms with Crippen LogP contribution >= 0.6 is 48.8 Å². The van der Waals surface area contributed by atoms with Gasteiger partial charge in [-0.3, -0.25) is 19.2 Å². The predicted octanol–water partition coefficient (Wildman–Crippen LogP) is -13.1.